The number of nitrogens with zero attached hydrogens (tertiary/aromatic N) is 4. The molecule has 1 N–H and O–H groups in total. The second kappa shape index (κ2) is 10.2. The van der Waals surface area contributed by atoms with Crippen molar-refractivity contribution >= 4 is 46.0 Å². The normalized spacial score (nSPS) is 16.2. The van der Waals surface area contributed by atoms with E-state index in [0.29, 0.717) is 28.2 Å². The van der Waals surface area contributed by atoms with Gasteiger partial charge in [-0.1, -0.05) is 36.0 Å². The Morgan fingerprint density at radius 3 is 2.83 bits per heavy atom. The highest BCUT2D eigenvalue weighted by atomic mass is 32.2. The molecular formula is C25H21N5O5S. The molecule has 2 amide bonds. The Labute approximate surface area is 210 Å². The number of furan rings is 1. The van der Waals surface area contributed by atoms with Crippen LogP contribution >= 0.6 is 11.8 Å². The summed E-state index contributed by atoms with van der Waals surface area (Å²) < 4.78 is 5.22. The highest BCUT2D eigenvalue weighted by Gasteiger charge is 2.41. The molecule has 36 heavy (non-hydrogen) atoms. The van der Waals surface area contributed by atoms with Gasteiger partial charge < -0.3 is 9.73 Å². The molecule has 2 aliphatic heterocycles. The van der Waals surface area contributed by atoms with E-state index in [9.17, 15) is 19.7 Å². The van der Waals surface area contributed by atoms with Gasteiger partial charge in [-0.25, -0.2) is 9.89 Å². The lowest BCUT2D eigenvalue weighted by atomic mass is 10.1. The zero-order chi connectivity index (χ0) is 25.1. The van der Waals surface area contributed by atoms with Gasteiger partial charge in [0.1, 0.15) is 17.6 Å². The zero-order valence-electron chi connectivity index (χ0n) is 19.0. The van der Waals surface area contributed by atoms with E-state index >= 15 is 0 Å². The first-order valence-corrected chi connectivity index (χ1v) is 12.2. The molecule has 3 heterocycles. The number of hydrogen-bond acceptors (Lipinski definition) is 8. The number of non-ortho nitro benzene ring substituents is 1. The molecule has 0 saturated heterocycles. The first-order valence-electron chi connectivity index (χ1n) is 11.2. The number of amidine groups is 2. The highest BCUT2D eigenvalue weighted by Crippen LogP contribution is 2.35. The molecule has 0 aliphatic carbocycles. The number of nitro benzene ring substituents is 1. The van der Waals surface area contributed by atoms with Crippen molar-refractivity contribution in [2.45, 2.75) is 31.2 Å². The molecule has 5 rings (SSSR count). The van der Waals surface area contributed by atoms with Gasteiger partial charge in [0, 0.05) is 29.9 Å². The number of thioether (sulfide) groups is 1. The van der Waals surface area contributed by atoms with Crippen LogP contribution in [0.3, 0.4) is 0 Å². The standard InChI is InChI=1S/C25H21N5O5S/c31-22(26-14-18-7-4-12-35-18)11-10-21-24(32)29-23(27-21)19-8-1-2-9-20(19)28-25(29)36-15-16-5-3-6-17(13-16)30(33)34/h1-9,12-13,21H,10-11,14-15H2,(H,26,31). The quantitative estimate of drug-likeness (QED) is 0.363. The maximum absolute atomic E-state index is 13.4. The summed E-state index contributed by atoms with van der Waals surface area (Å²) in [6.07, 6.45) is 1.93. The van der Waals surface area contributed by atoms with Crippen LogP contribution in [0.4, 0.5) is 11.4 Å². The van der Waals surface area contributed by atoms with Gasteiger partial charge in [0.25, 0.3) is 11.6 Å². The lowest BCUT2D eigenvalue weighted by Crippen LogP contribution is -2.41. The molecule has 0 saturated carbocycles. The van der Waals surface area contributed by atoms with Crippen LogP contribution in [0, 0.1) is 10.1 Å². The maximum atomic E-state index is 13.4. The molecule has 2 aliphatic rings. The summed E-state index contributed by atoms with van der Waals surface area (Å²) in [5.41, 5.74) is 2.19. The van der Waals surface area contributed by atoms with E-state index in [-0.39, 0.29) is 36.9 Å². The minimum atomic E-state index is -0.705. The fourth-order valence-corrected chi connectivity index (χ4v) is 4.89. The van der Waals surface area contributed by atoms with E-state index in [4.69, 9.17) is 4.42 Å². The van der Waals surface area contributed by atoms with Crippen LogP contribution in [0.5, 0.6) is 0 Å². The van der Waals surface area contributed by atoms with Crippen LogP contribution in [0.1, 0.15) is 29.7 Å². The van der Waals surface area contributed by atoms with Gasteiger partial charge in [-0.3, -0.25) is 24.7 Å². The van der Waals surface area contributed by atoms with Crippen molar-refractivity contribution in [1.82, 2.24) is 10.2 Å². The molecule has 1 aromatic heterocycles. The van der Waals surface area contributed by atoms with Crippen molar-refractivity contribution in [1.29, 1.82) is 0 Å². The summed E-state index contributed by atoms with van der Waals surface area (Å²) in [5.74, 6) is 1.10. The van der Waals surface area contributed by atoms with Crippen molar-refractivity contribution in [2.24, 2.45) is 9.98 Å². The predicted octanol–water partition coefficient (Wildman–Crippen LogP) is 4.18. The number of aliphatic imine (C=N–C) groups is 2. The average Bonchev–Trinajstić information content (AvgIpc) is 3.53. The number of carbonyl (C=O) groups is 2. The predicted molar refractivity (Wildman–Crippen MR) is 135 cm³/mol. The van der Waals surface area contributed by atoms with Gasteiger partial charge in [-0.05, 0) is 36.2 Å². The molecule has 182 valence electrons. The minimum absolute atomic E-state index is 0.00826. The molecule has 0 bridgehead atoms. The minimum Gasteiger partial charge on any atom is -0.467 e. The Balaban J connectivity index is 1.30. The van der Waals surface area contributed by atoms with Crippen molar-refractivity contribution in [3.8, 4) is 0 Å². The first-order chi connectivity index (χ1) is 17.5. The van der Waals surface area contributed by atoms with E-state index in [2.05, 4.69) is 15.3 Å². The monoisotopic (exact) mass is 503 g/mol. The Bertz CT molecular complexity index is 1380. The Morgan fingerprint density at radius 2 is 2.03 bits per heavy atom. The molecule has 11 heteroatoms. The number of hydrogen-bond donors (Lipinski definition) is 1. The number of fused-ring (bicyclic) bond motifs is 3. The van der Waals surface area contributed by atoms with E-state index in [1.165, 1.54) is 28.8 Å². The summed E-state index contributed by atoms with van der Waals surface area (Å²) in [6, 6.07) is 16.6. The van der Waals surface area contributed by atoms with Crippen LogP contribution in [-0.2, 0) is 21.9 Å². The lowest BCUT2D eigenvalue weighted by Gasteiger charge is -2.25. The van der Waals surface area contributed by atoms with Gasteiger partial charge in [0.15, 0.2) is 5.17 Å². The van der Waals surface area contributed by atoms with E-state index in [0.717, 1.165) is 11.1 Å². The van der Waals surface area contributed by atoms with E-state index in [1.807, 2.05) is 24.3 Å². The van der Waals surface area contributed by atoms with Crippen LogP contribution in [-0.4, -0.2) is 38.7 Å². The number of amides is 2. The molecule has 3 aromatic rings. The Morgan fingerprint density at radius 1 is 1.17 bits per heavy atom. The van der Waals surface area contributed by atoms with Gasteiger partial charge in [0.2, 0.25) is 5.91 Å². The first kappa shape index (κ1) is 23.5. The molecule has 0 fully saturated rings. The fraction of sp³-hybridized carbons (Fsp3) is 0.200. The molecule has 0 spiro atoms. The summed E-state index contributed by atoms with van der Waals surface area (Å²) in [4.78, 5) is 47.2. The summed E-state index contributed by atoms with van der Waals surface area (Å²) in [6.45, 7) is 0.281. The van der Waals surface area contributed by atoms with Gasteiger partial charge >= 0.3 is 0 Å². The van der Waals surface area contributed by atoms with Crippen molar-refractivity contribution in [2.75, 3.05) is 0 Å². The highest BCUT2D eigenvalue weighted by molar-refractivity contribution is 8.13. The second-order valence-electron chi connectivity index (χ2n) is 8.16. The Kier molecular flexibility index (Phi) is 6.63. The molecular weight excluding hydrogens is 482 g/mol. The molecule has 10 nitrogen and oxygen atoms in total. The van der Waals surface area contributed by atoms with Crippen molar-refractivity contribution < 1.29 is 18.9 Å². The summed E-state index contributed by atoms with van der Waals surface area (Å²) in [7, 11) is 0. The number of benzene rings is 2. The van der Waals surface area contributed by atoms with Crippen LogP contribution in [0.15, 0.2) is 81.3 Å². The number of carbonyl (C=O) groups excluding carboxylic acids is 2. The lowest BCUT2D eigenvalue weighted by molar-refractivity contribution is -0.384. The number of nitro groups is 1. The van der Waals surface area contributed by atoms with E-state index in [1.54, 1.807) is 30.5 Å². The fourth-order valence-electron chi connectivity index (χ4n) is 3.95. The molecule has 1 unspecified atom stereocenters. The van der Waals surface area contributed by atoms with Crippen LogP contribution in [0.2, 0.25) is 0 Å². The smallest absolute Gasteiger partial charge is 0.269 e. The maximum Gasteiger partial charge on any atom is 0.269 e. The van der Waals surface area contributed by atoms with Gasteiger partial charge in [-0.2, -0.15) is 0 Å². The van der Waals surface area contributed by atoms with Crippen LogP contribution < -0.4 is 5.32 Å². The number of para-hydroxylation sites is 1. The van der Waals surface area contributed by atoms with Gasteiger partial charge in [-0.15, -0.1) is 0 Å². The Hall–Kier alpha value is -4.25. The summed E-state index contributed by atoms with van der Waals surface area (Å²) in [5, 5.41) is 14.3. The molecule has 1 atom stereocenters. The SMILES string of the molecule is O=C(CCC1N=C2c3ccccc3N=C(SCc3cccc([N+](=O)[O-])c3)N2C1=O)NCc1ccco1. The van der Waals surface area contributed by atoms with Crippen LogP contribution in [0.25, 0.3) is 0 Å². The average molecular weight is 504 g/mol. The third-order valence-corrected chi connectivity index (χ3v) is 6.73. The zero-order valence-corrected chi connectivity index (χ0v) is 19.8. The second-order valence-corrected chi connectivity index (χ2v) is 9.11. The molecule has 0 radical (unpaired) electrons. The largest absolute Gasteiger partial charge is 0.467 e. The molecule has 2 aromatic carbocycles. The third kappa shape index (κ3) is 4.91. The number of nitrogens with one attached hydrogen (secondary N) is 1. The third-order valence-electron chi connectivity index (χ3n) is 5.72. The van der Waals surface area contributed by atoms with E-state index < -0.39 is 11.0 Å². The van der Waals surface area contributed by atoms with Gasteiger partial charge in [0.05, 0.1) is 23.4 Å². The number of rotatable bonds is 8. The van der Waals surface area contributed by atoms with Crippen molar-refractivity contribution in [3.05, 3.63) is 93.9 Å². The van der Waals surface area contributed by atoms with Crippen molar-refractivity contribution in [3.63, 3.8) is 0 Å². The summed E-state index contributed by atoms with van der Waals surface area (Å²) >= 11 is 1.31. The topological polar surface area (TPSA) is 130 Å².